The Hall–Kier alpha value is -1.46. The summed E-state index contributed by atoms with van der Waals surface area (Å²) in [5.41, 5.74) is 0. The highest BCUT2D eigenvalue weighted by Crippen LogP contribution is 2.23. The lowest BCUT2D eigenvalue weighted by Crippen LogP contribution is -2.59. The van der Waals surface area contributed by atoms with E-state index in [2.05, 4.69) is 30.3 Å². The van der Waals surface area contributed by atoms with E-state index in [-0.39, 0.29) is 12.8 Å². The van der Waals surface area contributed by atoms with Gasteiger partial charge in [-0.3, -0.25) is 0 Å². The van der Waals surface area contributed by atoms with Crippen LogP contribution in [0.5, 0.6) is 0 Å². The van der Waals surface area contributed by atoms with E-state index in [9.17, 15) is 20.4 Å². The van der Waals surface area contributed by atoms with Gasteiger partial charge in [0.05, 0.1) is 6.61 Å². The molecule has 8 heteroatoms. The smallest absolute Gasteiger partial charge is 0.189 e. The average molecular weight is 342 g/mol. The van der Waals surface area contributed by atoms with Crippen LogP contribution in [0.4, 0.5) is 0 Å². The zero-order valence-electron chi connectivity index (χ0n) is 12.9. The molecule has 8 nitrogen and oxygen atoms in total. The second kappa shape index (κ2) is 10.4. The van der Waals surface area contributed by atoms with E-state index in [1.54, 1.807) is 0 Å². The molecular formula is C16H22O8. The molecule has 134 valence electrons. The highest BCUT2D eigenvalue weighted by Gasteiger charge is 2.44. The van der Waals surface area contributed by atoms with E-state index in [0.29, 0.717) is 0 Å². The van der Waals surface area contributed by atoms with Crippen LogP contribution < -0.4 is 0 Å². The maximum absolute atomic E-state index is 9.76. The van der Waals surface area contributed by atoms with Gasteiger partial charge >= 0.3 is 0 Å². The normalized spacial score (nSPS) is 31.8. The average Bonchev–Trinajstić information content (AvgIpc) is 2.58. The number of aliphatic hydroxyl groups is 6. The third kappa shape index (κ3) is 6.21. The third-order valence-corrected chi connectivity index (χ3v) is 3.25. The fourth-order valence-corrected chi connectivity index (χ4v) is 1.87. The summed E-state index contributed by atoms with van der Waals surface area (Å²) >= 11 is 0. The fourth-order valence-electron chi connectivity index (χ4n) is 1.87. The van der Waals surface area contributed by atoms with Gasteiger partial charge in [0.25, 0.3) is 0 Å². The largest absolute Gasteiger partial charge is 0.394 e. The summed E-state index contributed by atoms with van der Waals surface area (Å²) in [7, 11) is 0. The van der Waals surface area contributed by atoms with E-state index in [4.69, 9.17) is 19.7 Å². The second-order valence-electron chi connectivity index (χ2n) is 5.08. The molecule has 0 unspecified atom stereocenters. The maximum atomic E-state index is 9.76. The van der Waals surface area contributed by atoms with Gasteiger partial charge in [0, 0.05) is 12.8 Å². The fraction of sp³-hybridized carbons (Fsp3) is 0.625. The molecule has 0 amide bonds. The monoisotopic (exact) mass is 342 g/mol. The first kappa shape index (κ1) is 20.6. The van der Waals surface area contributed by atoms with Crippen LogP contribution in [0.3, 0.4) is 0 Å². The minimum Gasteiger partial charge on any atom is -0.394 e. The highest BCUT2D eigenvalue weighted by atomic mass is 16.7. The maximum Gasteiger partial charge on any atom is 0.189 e. The number of hydrogen-bond acceptors (Lipinski definition) is 8. The Morgan fingerprint density at radius 1 is 1.12 bits per heavy atom. The van der Waals surface area contributed by atoms with Gasteiger partial charge < -0.3 is 40.1 Å². The first-order valence-corrected chi connectivity index (χ1v) is 7.33. The molecule has 0 aromatic heterocycles. The van der Waals surface area contributed by atoms with Crippen molar-refractivity contribution in [2.24, 2.45) is 0 Å². The van der Waals surface area contributed by atoms with Crippen LogP contribution in [0.15, 0.2) is 12.7 Å². The molecule has 0 radical (unpaired) electrons. The molecule has 0 bridgehead atoms. The Morgan fingerprint density at radius 2 is 1.83 bits per heavy atom. The van der Waals surface area contributed by atoms with Crippen LogP contribution in [0.25, 0.3) is 0 Å². The molecule has 7 atom stereocenters. The van der Waals surface area contributed by atoms with Crippen molar-refractivity contribution in [2.75, 3.05) is 6.61 Å². The summed E-state index contributed by atoms with van der Waals surface area (Å²) in [6.45, 7) is 2.77. The number of hydrogen-bond donors (Lipinski definition) is 6. The van der Waals surface area contributed by atoms with Gasteiger partial charge in [-0.15, -0.1) is 0 Å². The Labute approximate surface area is 140 Å². The molecular weight excluding hydrogens is 320 g/mol. The lowest BCUT2D eigenvalue weighted by atomic mass is 9.99. The van der Waals surface area contributed by atoms with Crippen molar-refractivity contribution in [3.8, 4) is 23.7 Å². The molecule has 0 saturated carbocycles. The SMILES string of the molecule is C=C[C@H](O)C#CC#CCC[C@@H](O)O[C@H]1O[C@@H](CO)[C@H](O)[C@@H](O)[C@@H]1O. The quantitative estimate of drug-likeness (QED) is 0.176. The molecule has 0 aromatic carbocycles. The molecule has 0 aromatic rings. The first-order valence-electron chi connectivity index (χ1n) is 7.33. The van der Waals surface area contributed by atoms with Crippen molar-refractivity contribution >= 4 is 0 Å². The van der Waals surface area contributed by atoms with Crippen molar-refractivity contribution in [1.82, 2.24) is 0 Å². The van der Waals surface area contributed by atoms with Crippen LogP contribution in [0, 0.1) is 23.7 Å². The van der Waals surface area contributed by atoms with E-state index < -0.39 is 49.7 Å². The first-order chi connectivity index (χ1) is 11.4. The predicted molar refractivity (Wildman–Crippen MR) is 81.8 cm³/mol. The molecule has 24 heavy (non-hydrogen) atoms. The minimum atomic E-state index is -1.57. The van der Waals surface area contributed by atoms with Crippen LogP contribution in [-0.2, 0) is 9.47 Å². The van der Waals surface area contributed by atoms with Crippen molar-refractivity contribution in [3.63, 3.8) is 0 Å². The topological polar surface area (TPSA) is 140 Å². The third-order valence-electron chi connectivity index (χ3n) is 3.25. The summed E-state index contributed by atoms with van der Waals surface area (Å²) in [5.74, 6) is 9.93. The van der Waals surface area contributed by atoms with Crippen molar-refractivity contribution in [1.29, 1.82) is 0 Å². The van der Waals surface area contributed by atoms with Crippen molar-refractivity contribution in [3.05, 3.63) is 12.7 Å². The molecule has 1 heterocycles. The summed E-state index contributed by atoms with van der Waals surface area (Å²) in [5, 5.41) is 56.8. The number of rotatable bonds is 6. The highest BCUT2D eigenvalue weighted by molar-refractivity contribution is 5.28. The molecule has 0 spiro atoms. The summed E-state index contributed by atoms with van der Waals surface area (Å²) in [6.07, 6.45) is -7.87. The van der Waals surface area contributed by atoms with Crippen LogP contribution in [0.1, 0.15) is 12.8 Å². The molecule has 1 saturated heterocycles. The standard InChI is InChI=1S/C16H22O8/c1-2-10(18)7-5-3-4-6-8-12(19)24-16-15(22)14(21)13(20)11(9-17)23-16/h2,10-22H,1,6,8-9H2/t10-,11-,12-,13-,14+,15-,16+/m0/s1. The van der Waals surface area contributed by atoms with Gasteiger partial charge in [-0.1, -0.05) is 24.5 Å². The van der Waals surface area contributed by atoms with Gasteiger partial charge in [0.2, 0.25) is 0 Å². The summed E-state index contributed by atoms with van der Waals surface area (Å²) in [6, 6.07) is 0. The lowest BCUT2D eigenvalue weighted by molar-refractivity contribution is -0.332. The molecule has 1 aliphatic heterocycles. The van der Waals surface area contributed by atoms with E-state index in [1.165, 1.54) is 6.08 Å². The van der Waals surface area contributed by atoms with Gasteiger partial charge in [0.1, 0.15) is 30.5 Å². The van der Waals surface area contributed by atoms with Crippen LogP contribution in [0.2, 0.25) is 0 Å². The minimum absolute atomic E-state index is 0.0771. The molecule has 6 N–H and O–H groups in total. The van der Waals surface area contributed by atoms with Gasteiger partial charge in [-0.2, -0.15) is 0 Å². The van der Waals surface area contributed by atoms with Gasteiger partial charge in [-0.05, 0) is 11.8 Å². The van der Waals surface area contributed by atoms with Crippen LogP contribution in [-0.4, -0.2) is 80.3 Å². The van der Waals surface area contributed by atoms with Crippen LogP contribution >= 0.6 is 0 Å². The zero-order chi connectivity index (χ0) is 18.1. The summed E-state index contributed by atoms with van der Waals surface area (Å²) in [4.78, 5) is 0. The molecule has 1 rings (SSSR count). The molecule has 0 aliphatic carbocycles. The number of aliphatic hydroxyl groups excluding tert-OH is 6. The molecule has 1 fully saturated rings. The second-order valence-corrected chi connectivity index (χ2v) is 5.08. The Bertz CT molecular complexity index is 512. The number of ether oxygens (including phenoxy) is 2. The molecule has 1 aliphatic rings. The van der Waals surface area contributed by atoms with Gasteiger partial charge in [0.15, 0.2) is 12.6 Å². The lowest BCUT2D eigenvalue weighted by Gasteiger charge is -2.40. The predicted octanol–water partition coefficient (Wildman–Crippen LogP) is -2.54. The van der Waals surface area contributed by atoms with Gasteiger partial charge in [-0.25, -0.2) is 0 Å². The van der Waals surface area contributed by atoms with E-state index >= 15 is 0 Å². The van der Waals surface area contributed by atoms with E-state index in [1.807, 2.05) is 0 Å². The summed E-state index contributed by atoms with van der Waals surface area (Å²) < 4.78 is 10.2. The van der Waals surface area contributed by atoms with Crippen molar-refractivity contribution < 1.29 is 40.1 Å². The van der Waals surface area contributed by atoms with E-state index in [0.717, 1.165) is 0 Å². The Kier molecular flexibility index (Phi) is 8.93. The van der Waals surface area contributed by atoms with Crippen molar-refractivity contribution in [2.45, 2.75) is 55.9 Å². The Balaban J connectivity index is 2.44. The zero-order valence-corrected chi connectivity index (χ0v) is 12.9. The Morgan fingerprint density at radius 3 is 2.46 bits per heavy atom.